The molecule has 0 saturated carbocycles. The van der Waals surface area contributed by atoms with E-state index in [-0.39, 0.29) is 0 Å². The number of imidazole rings is 1. The van der Waals surface area contributed by atoms with Gasteiger partial charge >= 0.3 is 0 Å². The molecule has 0 atom stereocenters. The smallest absolute Gasteiger partial charge is 0.169 e. The lowest BCUT2D eigenvalue weighted by Gasteiger charge is -2.09. The highest BCUT2D eigenvalue weighted by molar-refractivity contribution is 5.79. The molecule has 19 heavy (non-hydrogen) atoms. The second-order valence-electron chi connectivity index (χ2n) is 4.17. The van der Waals surface area contributed by atoms with Gasteiger partial charge in [0.05, 0.1) is 17.4 Å². The van der Waals surface area contributed by atoms with Crippen LogP contribution in [0.2, 0.25) is 0 Å². The maximum Gasteiger partial charge on any atom is 0.169 e. The Bertz CT molecular complexity index is 677. The Morgan fingerprint density at radius 1 is 1.16 bits per heavy atom. The molecule has 2 heterocycles. The van der Waals surface area contributed by atoms with Crippen LogP contribution in [-0.4, -0.2) is 26.1 Å². The fourth-order valence-corrected chi connectivity index (χ4v) is 1.87. The van der Waals surface area contributed by atoms with Crippen molar-refractivity contribution in [3.8, 4) is 0 Å². The molecule has 0 radical (unpaired) electrons. The van der Waals surface area contributed by atoms with Gasteiger partial charge in [0.15, 0.2) is 11.6 Å². The number of nitrogens with one attached hydrogen (secondary N) is 1. The minimum Gasteiger partial charge on any atom is -0.381 e. The number of nitrogens with zero attached hydrogens (tertiary/aromatic N) is 4. The van der Waals surface area contributed by atoms with E-state index in [1.807, 2.05) is 35.0 Å². The maximum atomic E-state index is 5.89. The average Bonchev–Trinajstić information content (AvgIpc) is 2.92. The van der Waals surface area contributed by atoms with Gasteiger partial charge in [-0.3, -0.25) is 0 Å². The first kappa shape index (κ1) is 11.5. The monoisotopic (exact) mass is 254 g/mol. The molecule has 0 spiro atoms. The molecule has 0 unspecified atom stereocenters. The summed E-state index contributed by atoms with van der Waals surface area (Å²) in [6, 6.07) is 7.67. The predicted molar refractivity (Wildman–Crippen MR) is 74.7 cm³/mol. The van der Waals surface area contributed by atoms with Gasteiger partial charge in [-0.2, -0.15) is 0 Å². The lowest BCUT2D eigenvalue weighted by Crippen LogP contribution is -2.12. The third kappa shape index (κ3) is 2.47. The van der Waals surface area contributed by atoms with Crippen molar-refractivity contribution in [2.24, 2.45) is 0 Å². The quantitative estimate of drug-likeness (QED) is 0.737. The zero-order valence-electron chi connectivity index (χ0n) is 10.3. The zero-order chi connectivity index (χ0) is 13.1. The number of para-hydroxylation sites is 2. The van der Waals surface area contributed by atoms with Gasteiger partial charge in [-0.05, 0) is 12.1 Å². The number of benzene rings is 1. The van der Waals surface area contributed by atoms with Gasteiger partial charge in [-0.15, -0.1) is 0 Å². The van der Waals surface area contributed by atoms with Crippen LogP contribution in [-0.2, 0) is 6.54 Å². The molecule has 3 N–H and O–H groups in total. The summed E-state index contributed by atoms with van der Waals surface area (Å²) in [5, 5.41) is 3.20. The van der Waals surface area contributed by atoms with Crippen molar-refractivity contribution in [3.05, 3.63) is 43.0 Å². The number of nitrogen functional groups attached to an aromatic ring is 1. The van der Waals surface area contributed by atoms with Crippen LogP contribution in [0, 0.1) is 0 Å². The third-order valence-corrected chi connectivity index (χ3v) is 2.82. The van der Waals surface area contributed by atoms with E-state index < -0.39 is 0 Å². The van der Waals surface area contributed by atoms with Crippen LogP contribution in [0.4, 0.5) is 11.6 Å². The highest BCUT2D eigenvalue weighted by Crippen LogP contribution is 2.17. The number of anilines is 2. The lowest BCUT2D eigenvalue weighted by atomic mass is 10.3. The molecule has 3 rings (SSSR count). The molecule has 6 nitrogen and oxygen atoms in total. The number of hydrogen-bond acceptors (Lipinski definition) is 5. The number of aromatic nitrogens is 4. The second kappa shape index (κ2) is 4.93. The standard InChI is InChI=1S/C13H14N6/c14-12-13(16-6-8-19-7-5-15-9-19)18-11-4-2-1-3-10(11)17-12/h1-5,7,9H,6,8H2,(H2,14,17)(H,16,18). The van der Waals surface area contributed by atoms with E-state index in [4.69, 9.17) is 5.73 Å². The van der Waals surface area contributed by atoms with Gasteiger partial charge in [0.2, 0.25) is 0 Å². The molecule has 6 heteroatoms. The first-order chi connectivity index (χ1) is 9.33. The fourth-order valence-electron chi connectivity index (χ4n) is 1.87. The maximum absolute atomic E-state index is 5.89. The summed E-state index contributed by atoms with van der Waals surface area (Å²) in [6.07, 6.45) is 5.44. The van der Waals surface area contributed by atoms with Crippen molar-refractivity contribution in [1.29, 1.82) is 0 Å². The Kier molecular flexibility index (Phi) is 2.97. The zero-order valence-corrected chi connectivity index (χ0v) is 10.3. The van der Waals surface area contributed by atoms with E-state index >= 15 is 0 Å². The second-order valence-corrected chi connectivity index (χ2v) is 4.17. The summed E-state index contributed by atoms with van der Waals surface area (Å²) < 4.78 is 1.98. The van der Waals surface area contributed by atoms with E-state index in [1.54, 1.807) is 12.5 Å². The molecule has 3 aromatic rings. The Morgan fingerprint density at radius 3 is 2.68 bits per heavy atom. The highest BCUT2D eigenvalue weighted by atomic mass is 15.1. The number of fused-ring (bicyclic) bond motifs is 1. The summed E-state index contributed by atoms with van der Waals surface area (Å²) in [7, 11) is 0. The van der Waals surface area contributed by atoms with Crippen LogP contribution in [0.1, 0.15) is 0 Å². The van der Waals surface area contributed by atoms with E-state index in [0.29, 0.717) is 18.2 Å². The molecule has 0 aliphatic heterocycles. The predicted octanol–water partition coefficient (Wildman–Crippen LogP) is 1.52. The first-order valence-electron chi connectivity index (χ1n) is 6.05. The fraction of sp³-hybridized carbons (Fsp3) is 0.154. The molecular formula is C13H14N6. The van der Waals surface area contributed by atoms with Crippen LogP contribution in [0.5, 0.6) is 0 Å². The van der Waals surface area contributed by atoms with Crippen LogP contribution in [0.15, 0.2) is 43.0 Å². The molecule has 0 fully saturated rings. The van der Waals surface area contributed by atoms with Crippen molar-refractivity contribution < 1.29 is 0 Å². The van der Waals surface area contributed by atoms with Crippen LogP contribution >= 0.6 is 0 Å². The molecule has 1 aromatic carbocycles. The molecule has 2 aromatic heterocycles. The lowest BCUT2D eigenvalue weighted by molar-refractivity contribution is 0.725. The van der Waals surface area contributed by atoms with Gasteiger partial charge in [0, 0.05) is 25.5 Å². The Balaban J connectivity index is 1.75. The Labute approximate surface area is 110 Å². The number of rotatable bonds is 4. The molecular weight excluding hydrogens is 240 g/mol. The average molecular weight is 254 g/mol. The molecule has 0 bridgehead atoms. The largest absolute Gasteiger partial charge is 0.381 e. The number of hydrogen-bond donors (Lipinski definition) is 2. The molecule has 0 aliphatic rings. The van der Waals surface area contributed by atoms with Crippen molar-refractivity contribution in [1.82, 2.24) is 19.5 Å². The SMILES string of the molecule is Nc1nc2ccccc2nc1NCCn1ccnc1. The van der Waals surface area contributed by atoms with Gasteiger partial charge < -0.3 is 15.6 Å². The van der Waals surface area contributed by atoms with E-state index in [0.717, 1.165) is 17.6 Å². The van der Waals surface area contributed by atoms with Gasteiger partial charge in [0.25, 0.3) is 0 Å². The van der Waals surface area contributed by atoms with E-state index in [2.05, 4.69) is 20.3 Å². The summed E-state index contributed by atoms with van der Waals surface area (Å²) in [4.78, 5) is 12.8. The van der Waals surface area contributed by atoms with Crippen LogP contribution in [0.25, 0.3) is 11.0 Å². The van der Waals surface area contributed by atoms with Crippen molar-refractivity contribution in [2.45, 2.75) is 6.54 Å². The molecule has 0 aliphatic carbocycles. The highest BCUT2D eigenvalue weighted by Gasteiger charge is 2.04. The van der Waals surface area contributed by atoms with Gasteiger partial charge in [-0.1, -0.05) is 12.1 Å². The third-order valence-electron chi connectivity index (χ3n) is 2.82. The summed E-state index contributed by atoms with van der Waals surface area (Å²) >= 11 is 0. The van der Waals surface area contributed by atoms with E-state index in [9.17, 15) is 0 Å². The minimum absolute atomic E-state index is 0.421. The Hall–Kier alpha value is -2.63. The van der Waals surface area contributed by atoms with Gasteiger partial charge in [0.1, 0.15) is 0 Å². The van der Waals surface area contributed by atoms with Crippen molar-refractivity contribution >= 4 is 22.7 Å². The minimum atomic E-state index is 0.421. The topological polar surface area (TPSA) is 81.6 Å². The van der Waals surface area contributed by atoms with Crippen LogP contribution < -0.4 is 11.1 Å². The van der Waals surface area contributed by atoms with Crippen molar-refractivity contribution in [3.63, 3.8) is 0 Å². The summed E-state index contributed by atoms with van der Waals surface area (Å²) in [5.74, 6) is 1.04. The van der Waals surface area contributed by atoms with Crippen molar-refractivity contribution in [2.75, 3.05) is 17.6 Å². The van der Waals surface area contributed by atoms with Gasteiger partial charge in [-0.25, -0.2) is 15.0 Å². The molecule has 96 valence electrons. The first-order valence-corrected chi connectivity index (χ1v) is 6.05. The van der Waals surface area contributed by atoms with E-state index in [1.165, 1.54) is 0 Å². The molecule has 0 amide bonds. The summed E-state index contributed by atoms with van der Waals surface area (Å²) in [6.45, 7) is 1.52. The number of nitrogens with two attached hydrogens (primary N) is 1. The Morgan fingerprint density at radius 2 is 1.95 bits per heavy atom. The summed E-state index contributed by atoms with van der Waals surface area (Å²) in [5.41, 5.74) is 7.53. The molecule has 0 saturated heterocycles. The normalized spacial score (nSPS) is 10.7. The van der Waals surface area contributed by atoms with Crippen LogP contribution in [0.3, 0.4) is 0 Å².